The number of hydrogen-bond acceptors (Lipinski definition) is 8. The molecule has 0 aromatic heterocycles. The standard InChI is InChI=1S/C21H36O9/c1-9-17(25)18(26)19(27)21(28-9)30-16-8-13-14(24)6-12(23)7-15(13)29-20(16)10-2-4-11(22)5-3-10/h9-27H,2-8H2,1H3/p+1. The molecule has 9 nitrogen and oxygen atoms in total. The zero-order valence-electron chi connectivity index (χ0n) is 17.4. The summed E-state index contributed by atoms with van der Waals surface area (Å²) in [5, 5.41) is 61.0. The summed E-state index contributed by atoms with van der Waals surface area (Å²) in [6, 6.07) is 0. The lowest BCUT2D eigenvalue weighted by atomic mass is 9.73. The molecule has 2 heterocycles. The molecular weight excluding hydrogens is 396 g/mol. The molecule has 9 heteroatoms. The van der Waals surface area contributed by atoms with Gasteiger partial charge in [0, 0.05) is 18.8 Å². The molecule has 11 atom stereocenters. The van der Waals surface area contributed by atoms with Gasteiger partial charge in [-0.1, -0.05) is 0 Å². The van der Waals surface area contributed by atoms with Crippen LogP contribution in [0.1, 0.15) is 51.9 Å². The first-order chi connectivity index (χ1) is 14.2. The fourth-order valence-electron chi connectivity index (χ4n) is 5.77. The third-order valence-corrected chi connectivity index (χ3v) is 7.61. The monoisotopic (exact) mass is 433 g/mol. The molecule has 2 saturated carbocycles. The second-order valence-corrected chi connectivity index (χ2v) is 9.72. The van der Waals surface area contributed by atoms with Crippen LogP contribution in [0.15, 0.2) is 0 Å². The lowest BCUT2D eigenvalue weighted by molar-refractivity contribution is -0.352. The zero-order valence-corrected chi connectivity index (χ0v) is 17.4. The van der Waals surface area contributed by atoms with Gasteiger partial charge < -0.3 is 44.8 Å². The number of aliphatic hydroxyl groups excluding tert-OH is 6. The van der Waals surface area contributed by atoms with Gasteiger partial charge in [-0.25, -0.2) is 0 Å². The molecule has 30 heavy (non-hydrogen) atoms. The Balaban J connectivity index is 1.51. The van der Waals surface area contributed by atoms with E-state index in [0.717, 1.165) is 12.8 Å². The predicted molar refractivity (Wildman–Crippen MR) is 104 cm³/mol. The van der Waals surface area contributed by atoms with E-state index in [4.69, 9.17) is 14.2 Å². The molecule has 0 spiro atoms. The van der Waals surface area contributed by atoms with E-state index in [1.165, 1.54) is 0 Å². The van der Waals surface area contributed by atoms with Gasteiger partial charge in [-0.3, -0.25) is 0 Å². The van der Waals surface area contributed by atoms with Crippen LogP contribution in [0.4, 0.5) is 0 Å². The fraction of sp³-hybridized carbons (Fsp3) is 1.00. The van der Waals surface area contributed by atoms with Crippen LogP contribution in [-0.4, -0.2) is 103 Å². The third kappa shape index (κ3) is 4.55. The van der Waals surface area contributed by atoms with E-state index in [0.29, 0.717) is 32.1 Å². The van der Waals surface area contributed by atoms with Crippen LogP contribution in [0.2, 0.25) is 0 Å². The predicted octanol–water partition coefficient (Wildman–Crippen LogP) is -1.45. The van der Waals surface area contributed by atoms with Crippen LogP contribution in [0.25, 0.3) is 0 Å². The summed E-state index contributed by atoms with van der Waals surface area (Å²) < 4.78 is 16.8. The molecule has 7 N–H and O–H groups in total. The van der Waals surface area contributed by atoms with Gasteiger partial charge in [0.15, 0.2) is 18.5 Å². The van der Waals surface area contributed by atoms with E-state index in [9.17, 15) is 30.6 Å². The quantitative estimate of drug-likeness (QED) is 0.296. The highest BCUT2D eigenvalue weighted by molar-refractivity contribution is 4.97. The summed E-state index contributed by atoms with van der Waals surface area (Å²) in [5.41, 5.74) is 0. The summed E-state index contributed by atoms with van der Waals surface area (Å²) >= 11 is 0. The summed E-state index contributed by atoms with van der Waals surface area (Å²) in [7, 11) is 0. The van der Waals surface area contributed by atoms with E-state index in [1.54, 1.807) is 6.92 Å². The van der Waals surface area contributed by atoms with Gasteiger partial charge in [-0.05, 0) is 39.0 Å². The van der Waals surface area contributed by atoms with Crippen molar-refractivity contribution in [1.29, 1.82) is 0 Å². The Morgan fingerprint density at radius 2 is 1.50 bits per heavy atom. The molecule has 2 aliphatic carbocycles. The van der Waals surface area contributed by atoms with Crippen molar-refractivity contribution in [1.82, 2.24) is 0 Å². The van der Waals surface area contributed by atoms with E-state index in [-0.39, 0.29) is 30.1 Å². The molecule has 4 rings (SSSR count). The number of hydrogen-bond donors (Lipinski definition) is 6. The highest BCUT2D eigenvalue weighted by Gasteiger charge is 2.53. The van der Waals surface area contributed by atoms with Crippen molar-refractivity contribution in [2.45, 2.75) is 119 Å². The van der Waals surface area contributed by atoms with Gasteiger partial charge in [0.25, 0.3) is 0 Å². The van der Waals surface area contributed by atoms with Crippen LogP contribution in [-0.2, 0) is 9.47 Å². The summed E-state index contributed by atoms with van der Waals surface area (Å²) in [6.07, 6.45) is -3.69. The first-order valence-electron chi connectivity index (χ1n) is 11.3. The van der Waals surface area contributed by atoms with Crippen molar-refractivity contribution in [3.63, 3.8) is 0 Å². The molecule has 11 unspecified atom stereocenters. The number of rotatable bonds is 3. The summed E-state index contributed by atoms with van der Waals surface area (Å²) in [6.45, 7) is 1.61. The fourth-order valence-corrected chi connectivity index (χ4v) is 5.77. The molecular formula is C21H37O9+. The van der Waals surface area contributed by atoms with Crippen LogP contribution in [0.3, 0.4) is 0 Å². The lowest BCUT2D eigenvalue weighted by Crippen LogP contribution is -2.62. The van der Waals surface area contributed by atoms with E-state index >= 15 is 0 Å². The van der Waals surface area contributed by atoms with Crippen LogP contribution >= 0.6 is 0 Å². The van der Waals surface area contributed by atoms with Crippen LogP contribution in [0, 0.1) is 11.8 Å². The Kier molecular flexibility index (Phi) is 7.04. The average molecular weight is 434 g/mol. The summed E-state index contributed by atoms with van der Waals surface area (Å²) in [5.74, 6) is 0.0572. The number of fused-ring (bicyclic) bond motifs is 1. The van der Waals surface area contributed by atoms with Gasteiger partial charge in [0.2, 0.25) is 0 Å². The Morgan fingerprint density at radius 3 is 2.20 bits per heavy atom. The third-order valence-electron chi connectivity index (χ3n) is 7.61. The Bertz CT molecular complexity index is 569. The van der Waals surface area contributed by atoms with Crippen molar-refractivity contribution in [3.05, 3.63) is 0 Å². The molecule has 174 valence electrons. The van der Waals surface area contributed by atoms with Crippen molar-refractivity contribution >= 4 is 0 Å². The van der Waals surface area contributed by atoms with Crippen molar-refractivity contribution in [2.24, 2.45) is 11.8 Å². The SMILES string of the molecule is CC1OC(OC2CC3C(O)CC(O)CC3[OH+]C2C2CCC(O)CC2)C(O)C(O)C1O. The van der Waals surface area contributed by atoms with Crippen molar-refractivity contribution in [3.8, 4) is 0 Å². The van der Waals surface area contributed by atoms with Gasteiger partial charge in [-0.2, -0.15) is 0 Å². The maximum atomic E-state index is 10.5. The molecule has 4 fully saturated rings. The molecule has 0 amide bonds. The Labute approximate surface area is 176 Å². The maximum absolute atomic E-state index is 10.5. The molecule has 0 bridgehead atoms. The maximum Gasteiger partial charge on any atom is 0.187 e. The average Bonchev–Trinajstić information content (AvgIpc) is 2.71. The smallest absolute Gasteiger partial charge is 0.187 e. The largest absolute Gasteiger partial charge is 0.427 e. The minimum absolute atomic E-state index is 0.141. The first kappa shape index (κ1) is 22.8. The topological polar surface area (TPSA) is 153 Å². The second kappa shape index (κ2) is 9.25. The number of aliphatic hydroxyl groups is 8. The highest BCUT2D eigenvalue weighted by Crippen LogP contribution is 2.42. The molecule has 0 radical (unpaired) electrons. The van der Waals surface area contributed by atoms with Crippen molar-refractivity contribution < 1.29 is 44.8 Å². The molecule has 2 saturated heterocycles. The van der Waals surface area contributed by atoms with Gasteiger partial charge >= 0.3 is 0 Å². The van der Waals surface area contributed by atoms with E-state index in [2.05, 4.69) is 0 Å². The summed E-state index contributed by atoms with van der Waals surface area (Å²) in [4.78, 5) is 0. The van der Waals surface area contributed by atoms with E-state index < -0.39 is 49.0 Å². The minimum atomic E-state index is -1.39. The lowest BCUT2D eigenvalue weighted by Gasteiger charge is -2.48. The minimum Gasteiger partial charge on any atom is -0.427 e. The number of ether oxygens (including phenoxy) is 3. The van der Waals surface area contributed by atoms with Crippen LogP contribution < -0.4 is 0 Å². The molecule has 0 aromatic carbocycles. The van der Waals surface area contributed by atoms with Gasteiger partial charge in [-0.15, -0.1) is 0 Å². The molecule has 4 aliphatic rings. The second-order valence-electron chi connectivity index (χ2n) is 9.72. The van der Waals surface area contributed by atoms with Gasteiger partial charge in [0.05, 0.1) is 30.3 Å². The van der Waals surface area contributed by atoms with Crippen LogP contribution in [0.5, 0.6) is 0 Å². The Hall–Kier alpha value is -0.360. The van der Waals surface area contributed by atoms with E-state index in [1.807, 2.05) is 0 Å². The first-order valence-corrected chi connectivity index (χ1v) is 11.3. The molecule has 2 aliphatic heterocycles. The van der Waals surface area contributed by atoms with Crippen molar-refractivity contribution in [2.75, 3.05) is 0 Å². The zero-order chi connectivity index (χ0) is 21.6. The highest BCUT2D eigenvalue weighted by atomic mass is 16.7. The normalized spacial score (nSPS) is 55.1. The Morgan fingerprint density at radius 1 is 0.800 bits per heavy atom. The van der Waals surface area contributed by atoms with Gasteiger partial charge in [0.1, 0.15) is 24.4 Å². The molecule has 0 aromatic rings.